The van der Waals surface area contributed by atoms with Gasteiger partial charge in [0.25, 0.3) is 0 Å². The van der Waals surface area contributed by atoms with Crippen LogP contribution >= 0.6 is 15.9 Å². The predicted molar refractivity (Wildman–Crippen MR) is 143 cm³/mol. The Morgan fingerprint density at radius 2 is 2.00 bits per heavy atom. The number of fused-ring (bicyclic) bond motifs is 4. The lowest BCUT2D eigenvalue weighted by Gasteiger charge is -2.48. The van der Waals surface area contributed by atoms with Gasteiger partial charge >= 0.3 is 12.1 Å². The highest BCUT2D eigenvalue weighted by Gasteiger charge is 2.55. The van der Waals surface area contributed by atoms with E-state index in [2.05, 4.69) is 25.8 Å². The molecule has 12 heteroatoms. The first kappa shape index (κ1) is 25.6. The molecule has 210 valence electrons. The van der Waals surface area contributed by atoms with Crippen LogP contribution in [0.2, 0.25) is 0 Å². The summed E-state index contributed by atoms with van der Waals surface area (Å²) in [5.74, 6) is 0.00923. The van der Waals surface area contributed by atoms with E-state index in [0.29, 0.717) is 50.3 Å². The second-order valence-corrected chi connectivity index (χ2v) is 12.8. The number of hydrogen-bond acceptors (Lipinski definition) is 7. The van der Waals surface area contributed by atoms with Crippen molar-refractivity contribution in [3.8, 4) is 6.01 Å². The van der Waals surface area contributed by atoms with E-state index in [4.69, 9.17) is 14.5 Å². The molecule has 0 radical (unpaired) electrons. The molecule has 1 aromatic carbocycles. The van der Waals surface area contributed by atoms with E-state index in [1.165, 1.54) is 0 Å². The zero-order valence-corrected chi connectivity index (χ0v) is 23.2. The predicted octanol–water partition coefficient (Wildman–Crippen LogP) is 4.37. The van der Waals surface area contributed by atoms with Gasteiger partial charge in [-0.1, -0.05) is 0 Å². The first-order valence-corrected chi connectivity index (χ1v) is 14.6. The Morgan fingerprint density at radius 1 is 1.15 bits per heavy atom. The molecule has 2 bridgehead atoms. The summed E-state index contributed by atoms with van der Waals surface area (Å²) in [6.45, 7) is 2.63. The number of rotatable bonds is 7. The van der Waals surface area contributed by atoms with Crippen molar-refractivity contribution in [2.75, 3.05) is 44.3 Å². The van der Waals surface area contributed by atoms with Crippen molar-refractivity contribution in [1.82, 2.24) is 19.8 Å². The molecule has 1 amide bonds. The summed E-state index contributed by atoms with van der Waals surface area (Å²) in [5, 5.41) is 10.6. The fourth-order valence-corrected chi connectivity index (χ4v) is 7.66. The molecule has 7 rings (SSSR count). The summed E-state index contributed by atoms with van der Waals surface area (Å²) >= 11 is 3.27. The van der Waals surface area contributed by atoms with Crippen molar-refractivity contribution >= 4 is 38.7 Å². The number of aromatic nitrogens is 2. The molecule has 5 fully saturated rings. The molecule has 4 saturated heterocycles. The normalized spacial score (nSPS) is 32.3. The van der Waals surface area contributed by atoms with Crippen molar-refractivity contribution in [1.29, 1.82) is 0 Å². The SMILES string of the molecule is O=C(O)N1[C@H]2CC[C@]1(COC1CC1)CN(c1nc(OC[C@@]34CCCN3C[C@H](F)C4)nc3c(F)c(Br)ccc13)C2. The number of piperazine rings is 1. The van der Waals surface area contributed by atoms with E-state index >= 15 is 4.39 Å². The highest BCUT2D eigenvalue weighted by atomic mass is 79.9. The van der Waals surface area contributed by atoms with E-state index in [-0.39, 0.29) is 40.3 Å². The summed E-state index contributed by atoms with van der Waals surface area (Å²) in [6, 6.07) is 3.24. The van der Waals surface area contributed by atoms with Crippen LogP contribution in [0.1, 0.15) is 44.9 Å². The second kappa shape index (κ2) is 9.37. The number of benzene rings is 1. The minimum atomic E-state index is -0.939. The zero-order valence-electron chi connectivity index (χ0n) is 21.6. The second-order valence-electron chi connectivity index (χ2n) is 11.9. The van der Waals surface area contributed by atoms with Gasteiger partial charge in [-0.05, 0) is 73.1 Å². The molecule has 39 heavy (non-hydrogen) atoms. The van der Waals surface area contributed by atoms with Crippen molar-refractivity contribution in [3.05, 3.63) is 22.4 Å². The molecule has 5 aliphatic rings. The topological polar surface area (TPSA) is 91.3 Å². The first-order valence-electron chi connectivity index (χ1n) is 13.8. The molecule has 1 N–H and O–H groups in total. The Balaban J connectivity index is 1.24. The number of amides is 1. The largest absolute Gasteiger partial charge is 0.465 e. The summed E-state index contributed by atoms with van der Waals surface area (Å²) in [5.41, 5.74) is -0.951. The molecule has 1 aromatic heterocycles. The monoisotopic (exact) mass is 607 g/mol. The molecular weight excluding hydrogens is 576 g/mol. The van der Waals surface area contributed by atoms with Gasteiger partial charge in [-0.2, -0.15) is 9.97 Å². The van der Waals surface area contributed by atoms with Crippen molar-refractivity contribution in [3.63, 3.8) is 0 Å². The van der Waals surface area contributed by atoms with Crippen LogP contribution in [0.15, 0.2) is 16.6 Å². The standard InChI is InChI=1S/C27H32BrF2N5O4/c28-20-5-4-19-22(21(20)30)31-24(39-14-26-7-1-9-34(26)11-16(29)10-26)32-23(19)33-12-17-6-8-27(13-33,35(17)25(36)37)15-38-18-2-3-18/h4-5,16-18H,1-3,6-15H2,(H,36,37)/t16-,17+,26+,27-/m1/s1. The van der Waals surface area contributed by atoms with Crippen LogP contribution in [0.4, 0.5) is 19.4 Å². The van der Waals surface area contributed by atoms with Gasteiger partial charge in [0.15, 0.2) is 5.82 Å². The Hall–Kier alpha value is -2.31. The van der Waals surface area contributed by atoms with E-state index < -0.39 is 23.6 Å². The van der Waals surface area contributed by atoms with E-state index in [1.54, 1.807) is 17.0 Å². The number of anilines is 1. The number of halogens is 3. The molecule has 4 atom stereocenters. The fraction of sp³-hybridized carbons (Fsp3) is 0.667. The van der Waals surface area contributed by atoms with Crippen LogP contribution in [0.5, 0.6) is 6.01 Å². The summed E-state index contributed by atoms with van der Waals surface area (Å²) < 4.78 is 42.2. The lowest BCUT2D eigenvalue weighted by atomic mass is 9.95. The number of hydrogen-bond donors (Lipinski definition) is 1. The molecule has 1 saturated carbocycles. The Bertz CT molecular complexity index is 1320. The lowest BCUT2D eigenvalue weighted by molar-refractivity contribution is -0.00518. The maximum absolute atomic E-state index is 15.4. The molecule has 0 spiro atoms. The van der Waals surface area contributed by atoms with Crippen molar-refractivity contribution < 1.29 is 28.2 Å². The molecule has 9 nitrogen and oxygen atoms in total. The number of nitrogens with zero attached hydrogens (tertiary/aromatic N) is 5. The number of carbonyl (C=O) groups is 1. The van der Waals surface area contributed by atoms with Gasteiger partial charge in [0, 0.05) is 31.4 Å². The fourth-order valence-electron chi connectivity index (χ4n) is 7.34. The Kier molecular flexibility index (Phi) is 6.16. The highest BCUT2D eigenvalue weighted by molar-refractivity contribution is 9.10. The van der Waals surface area contributed by atoms with Crippen LogP contribution in [-0.4, -0.2) is 99.8 Å². The van der Waals surface area contributed by atoms with Crippen molar-refractivity contribution in [2.24, 2.45) is 0 Å². The molecule has 5 heterocycles. The summed E-state index contributed by atoms with van der Waals surface area (Å²) in [6.07, 6.45) is 4.05. The average molecular weight is 608 g/mol. The van der Waals surface area contributed by atoms with Gasteiger partial charge < -0.3 is 19.5 Å². The minimum absolute atomic E-state index is 0.0503. The minimum Gasteiger partial charge on any atom is -0.465 e. The van der Waals surface area contributed by atoms with Crippen LogP contribution < -0.4 is 9.64 Å². The maximum atomic E-state index is 15.4. The maximum Gasteiger partial charge on any atom is 0.408 e. The molecular formula is C27H32BrF2N5O4. The van der Waals surface area contributed by atoms with Crippen LogP contribution in [0.3, 0.4) is 0 Å². The zero-order chi connectivity index (χ0) is 26.9. The molecule has 2 aromatic rings. The third-order valence-corrected chi connectivity index (χ3v) is 9.92. The van der Waals surface area contributed by atoms with E-state index in [0.717, 1.165) is 38.6 Å². The molecule has 1 aliphatic carbocycles. The van der Waals surface area contributed by atoms with E-state index in [1.807, 2.05) is 4.90 Å². The summed E-state index contributed by atoms with van der Waals surface area (Å²) in [7, 11) is 0. The highest BCUT2D eigenvalue weighted by Crippen LogP contribution is 2.44. The first-order chi connectivity index (χ1) is 18.8. The lowest BCUT2D eigenvalue weighted by Crippen LogP contribution is -2.65. The van der Waals surface area contributed by atoms with Gasteiger partial charge in [0.1, 0.15) is 24.1 Å². The Morgan fingerprint density at radius 3 is 2.79 bits per heavy atom. The third-order valence-electron chi connectivity index (χ3n) is 9.30. The van der Waals surface area contributed by atoms with Gasteiger partial charge in [-0.25, -0.2) is 13.6 Å². The average Bonchev–Trinajstić information content (AvgIpc) is 3.52. The van der Waals surface area contributed by atoms with Gasteiger partial charge in [-0.15, -0.1) is 0 Å². The smallest absolute Gasteiger partial charge is 0.408 e. The van der Waals surface area contributed by atoms with E-state index in [9.17, 15) is 14.3 Å². The van der Waals surface area contributed by atoms with Gasteiger partial charge in [0.05, 0.1) is 34.3 Å². The van der Waals surface area contributed by atoms with Crippen LogP contribution in [-0.2, 0) is 4.74 Å². The van der Waals surface area contributed by atoms with Crippen LogP contribution in [0, 0.1) is 5.82 Å². The van der Waals surface area contributed by atoms with Gasteiger partial charge in [-0.3, -0.25) is 9.80 Å². The Labute approximate surface area is 233 Å². The third kappa shape index (κ3) is 4.33. The van der Waals surface area contributed by atoms with Crippen molar-refractivity contribution in [2.45, 2.75) is 74.3 Å². The quantitative estimate of drug-likeness (QED) is 0.496. The number of ether oxygens (including phenoxy) is 2. The summed E-state index contributed by atoms with van der Waals surface area (Å²) in [4.78, 5) is 27.3. The number of carboxylic acid groups (broad SMARTS) is 1. The van der Waals surface area contributed by atoms with Gasteiger partial charge in [0.2, 0.25) is 0 Å². The molecule has 0 unspecified atom stereocenters. The molecule has 4 aliphatic heterocycles. The van der Waals surface area contributed by atoms with Crippen LogP contribution in [0.25, 0.3) is 10.9 Å². The number of alkyl halides is 1.